The molecule has 1 unspecified atom stereocenters. The molecule has 25 heavy (non-hydrogen) atoms. The van der Waals surface area contributed by atoms with E-state index in [1.165, 1.54) is 11.3 Å². The van der Waals surface area contributed by atoms with Gasteiger partial charge in [-0.15, -0.1) is 11.3 Å². The molecule has 0 aromatic carbocycles. The van der Waals surface area contributed by atoms with Gasteiger partial charge in [0.05, 0.1) is 36.1 Å². The molecule has 0 N–H and O–H groups in total. The number of thiophene rings is 1. The molecule has 0 fully saturated rings. The quantitative estimate of drug-likeness (QED) is 0.722. The third kappa shape index (κ3) is 2.49. The van der Waals surface area contributed by atoms with Crippen LogP contribution in [0.5, 0.6) is 0 Å². The maximum absolute atomic E-state index is 13.0. The first kappa shape index (κ1) is 15.8. The topological polar surface area (TPSA) is 72.6 Å². The summed E-state index contributed by atoms with van der Waals surface area (Å²) >= 11 is 1.38. The van der Waals surface area contributed by atoms with E-state index in [1.54, 1.807) is 30.4 Å². The van der Waals surface area contributed by atoms with Crippen molar-refractivity contribution in [2.45, 2.75) is 12.5 Å². The lowest BCUT2D eigenvalue weighted by Crippen LogP contribution is -2.26. The molecule has 0 amide bonds. The lowest BCUT2D eigenvalue weighted by Gasteiger charge is -2.17. The molecule has 4 heterocycles. The van der Waals surface area contributed by atoms with Crippen molar-refractivity contribution in [3.63, 3.8) is 0 Å². The first-order valence-corrected chi connectivity index (χ1v) is 8.66. The third-order valence-corrected chi connectivity index (χ3v) is 5.32. The summed E-state index contributed by atoms with van der Waals surface area (Å²) in [6.45, 7) is 0. The molecule has 1 aliphatic heterocycles. The molecule has 1 atom stereocenters. The van der Waals surface area contributed by atoms with E-state index in [9.17, 15) is 4.79 Å². The van der Waals surface area contributed by atoms with Gasteiger partial charge in [-0.25, -0.2) is 15.0 Å². The average Bonchev–Trinajstić information content (AvgIpc) is 3.02. The number of rotatable bonds is 3. The summed E-state index contributed by atoms with van der Waals surface area (Å²) in [7, 11) is 5.52. The van der Waals surface area contributed by atoms with E-state index in [1.807, 2.05) is 31.1 Å². The summed E-state index contributed by atoms with van der Waals surface area (Å²) in [6.07, 6.45) is 7.61. The number of hydrogen-bond acceptors (Lipinski definition) is 7. The van der Waals surface area contributed by atoms with Gasteiger partial charge in [-0.2, -0.15) is 0 Å². The van der Waals surface area contributed by atoms with Crippen molar-refractivity contribution in [3.8, 4) is 0 Å². The highest BCUT2D eigenvalue weighted by atomic mass is 32.1. The molecule has 0 radical (unpaired) electrons. The number of pyridine rings is 1. The van der Waals surface area contributed by atoms with Gasteiger partial charge in [0.25, 0.3) is 5.56 Å². The standard InChI is InChI=1S/C17H17N5O2S/c1-21(2)11-6-7-18-16-13(11)14-15(25-16)17(23)22(9-20-14)10-4-5-12(24-3)19-8-10/h5-10H,4H2,1-3H3. The Bertz CT molecular complexity index is 1080. The molecular weight excluding hydrogens is 338 g/mol. The first-order chi connectivity index (χ1) is 12.1. The van der Waals surface area contributed by atoms with Crippen LogP contribution in [-0.4, -0.2) is 42.0 Å². The third-order valence-electron chi connectivity index (χ3n) is 4.24. The van der Waals surface area contributed by atoms with Crippen LogP contribution in [0.15, 0.2) is 40.3 Å². The molecule has 0 spiro atoms. The fraction of sp³-hybridized carbons (Fsp3) is 0.294. The Morgan fingerprint density at radius 2 is 2.20 bits per heavy atom. The van der Waals surface area contributed by atoms with Crippen LogP contribution >= 0.6 is 11.3 Å². The Morgan fingerprint density at radius 3 is 2.88 bits per heavy atom. The van der Waals surface area contributed by atoms with E-state index < -0.39 is 0 Å². The summed E-state index contributed by atoms with van der Waals surface area (Å²) in [5.41, 5.74) is 1.65. The Labute approximate surface area is 147 Å². The smallest absolute Gasteiger partial charge is 0.272 e. The highest BCUT2D eigenvalue weighted by Gasteiger charge is 2.20. The molecule has 128 valence electrons. The molecule has 4 rings (SSSR count). The zero-order valence-electron chi connectivity index (χ0n) is 14.1. The van der Waals surface area contributed by atoms with Crippen LogP contribution < -0.4 is 10.5 Å². The number of nitrogens with zero attached hydrogens (tertiary/aromatic N) is 5. The fourth-order valence-corrected chi connectivity index (χ4v) is 4.03. The van der Waals surface area contributed by atoms with Crippen molar-refractivity contribution in [3.05, 3.63) is 40.9 Å². The second-order valence-electron chi connectivity index (χ2n) is 5.97. The van der Waals surface area contributed by atoms with Crippen LogP contribution in [0.2, 0.25) is 0 Å². The van der Waals surface area contributed by atoms with Gasteiger partial charge < -0.3 is 9.64 Å². The summed E-state index contributed by atoms with van der Waals surface area (Å²) < 4.78 is 7.34. The Morgan fingerprint density at radius 1 is 1.36 bits per heavy atom. The van der Waals surface area contributed by atoms with Crippen LogP contribution in [0, 0.1) is 0 Å². The number of aromatic nitrogens is 3. The maximum atomic E-state index is 13.0. The predicted molar refractivity (Wildman–Crippen MR) is 101 cm³/mol. The van der Waals surface area contributed by atoms with Crippen molar-refractivity contribution < 1.29 is 4.74 Å². The summed E-state index contributed by atoms with van der Waals surface area (Å²) in [5.74, 6) is 0.569. The monoisotopic (exact) mass is 355 g/mol. The zero-order chi connectivity index (χ0) is 17.6. The Kier molecular flexibility index (Phi) is 3.76. The fourth-order valence-electron chi connectivity index (χ4n) is 2.97. The Balaban J connectivity index is 1.89. The molecule has 0 saturated carbocycles. The number of anilines is 1. The minimum atomic E-state index is -0.158. The van der Waals surface area contributed by atoms with Crippen LogP contribution in [0.1, 0.15) is 12.5 Å². The minimum absolute atomic E-state index is 0.0663. The molecule has 3 aromatic heterocycles. The van der Waals surface area contributed by atoms with Gasteiger partial charge in [0.2, 0.25) is 5.88 Å². The normalized spacial score (nSPS) is 17.1. The van der Waals surface area contributed by atoms with Gasteiger partial charge in [-0.1, -0.05) is 0 Å². The second kappa shape index (κ2) is 5.96. The average molecular weight is 355 g/mol. The number of fused-ring (bicyclic) bond motifs is 3. The highest BCUT2D eigenvalue weighted by Crippen LogP contribution is 2.35. The summed E-state index contributed by atoms with van der Waals surface area (Å²) in [5, 5.41) is 0.927. The van der Waals surface area contributed by atoms with Gasteiger partial charge in [-0.3, -0.25) is 9.36 Å². The van der Waals surface area contributed by atoms with Gasteiger partial charge >= 0.3 is 0 Å². The van der Waals surface area contributed by atoms with E-state index >= 15 is 0 Å². The lowest BCUT2D eigenvalue weighted by molar-refractivity contribution is 0.283. The van der Waals surface area contributed by atoms with Gasteiger partial charge in [0.15, 0.2) is 0 Å². The molecular formula is C17H17N5O2S. The molecule has 8 heteroatoms. The largest absolute Gasteiger partial charge is 0.481 e. The van der Waals surface area contributed by atoms with E-state index in [2.05, 4.69) is 15.0 Å². The van der Waals surface area contributed by atoms with Gasteiger partial charge in [-0.05, 0) is 18.6 Å². The van der Waals surface area contributed by atoms with Gasteiger partial charge in [0.1, 0.15) is 9.53 Å². The maximum Gasteiger partial charge on any atom is 0.272 e. The first-order valence-electron chi connectivity index (χ1n) is 7.84. The van der Waals surface area contributed by atoms with Crippen LogP contribution in [0.4, 0.5) is 5.69 Å². The number of hydrogen-bond donors (Lipinski definition) is 0. The lowest BCUT2D eigenvalue weighted by atomic mass is 10.2. The second-order valence-corrected chi connectivity index (χ2v) is 6.97. The van der Waals surface area contributed by atoms with E-state index in [-0.39, 0.29) is 11.6 Å². The van der Waals surface area contributed by atoms with E-state index in [4.69, 9.17) is 4.74 Å². The zero-order valence-corrected chi connectivity index (χ0v) is 14.9. The van der Waals surface area contributed by atoms with Crippen molar-refractivity contribution in [1.82, 2.24) is 14.5 Å². The molecule has 7 nitrogen and oxygen atoms in total. The van der Waals surface area contributed by atoms with Gasteiger partial charge in [0, 0.05) is 26.5 Å². The predicted octanol–water partition coefficient (Wildman–Crippen LogP) is 2.58. The van der Waals surface area contributed by atoms with Crippen LogP contribution in [-0.2, 0) is 4.74 Å². The van der Waals surface area contributed by atoms with Crippen molar-refractivity contribution in [2.24, 2.45) is 4.99 Å². The number of methoxy groups -OCH3 is 1. The van der Waals surface area contributed by atoms with Crippen molar-refractivity contribution in [1.29, 1.82) is 0 Å². The van der Waals surface area contributed by atoms with Crippen LogP contribution in [0.25, 0.3) is 20.4 Å². The number of ether oxygens (including phenoxy) is 1. The highest BCUT2D eigenvalue weighted by molar-refractivity contribution is 7.25. The van der Waals surface area contributed by atoms with Crippen LogP contribution in [0.3, 0.4) is 0 Å². The summed E-state index contributed by atoms with van der Waals surface area (Å²) in [4.78, 5) is 29.1. The van der Waals surface area contributed by atoms with Crippen molar-refractivity contribution >= 4 is 43.7 Å². The number of allylic oxidation sites excluding steroid dienone is 1. The van der Waals surface area contributed by atoms with Crippen molar-refractivity contribution in [2.75, 3.05) is 26.1 Å². The SMILES string of the molecule is COC1=CCC(n2cnc3c(sc4nccc(N(C)C)c43)c2=O)C=N1. The molecule has 0 aliphatic carbocycles. The minimum Gasteiger partial charge on any atom is -0.481 e. The van der Waals surface area contributed by atoms with E-state index in [0.717, 1.165) is 15.9 Å². The Hall–Kier alpha value is -2.74. The molecule has 0 saturated heterocycles. The molecule has 1 aliphatic rings. The molecule has 0 bridgehead atoms. The number of aliphatic imine (C=N–C) groups is 1. The van der Waals surface area contributed by atoms with E-state index in [0.29, 0.717) is 22.5 Å². The molecule has 3 aromatic rings. The summed E-state index contributed by atoms with van der Waals surface area (Å²) in [6, 6.07) is 1.78.